The van der Waals surface area contributed by atoms with E-state index in [2.05, 4.69) is 5.32 Å². The number of ether oxygens (including phenoxy) is 1. The zero-order valence-corrected chi connectivity index (χ0v) is 23.8. The van der Waals surface area contributed by atoms with Crippen LogP contribution in [0.4, 0.5) is 5.69 Å². The molecule has 0 saturated heterocycles. The molecule has 41 heavy (non-hydrogen) atoms. The van der Waals surface area contributed by atoms with Crippen LogP contribution >= 0.6 is 22.9 Å². The van der Waals surface area contributed by atoms with Gasteiger partial charge in [-0.2, -0.15) is 0 Å². The van der Waals surface area contributed by atoms with Crippen LogP contribution in [0, 0.1) is 0 Å². The molecule has 1 aliphatic rings. The molecular formula is C32H25ClN4O3S. The van der Waals surface area contributed by atoms with Crippen molar-refractivity contribution in [1.82, 2.24) is 9.13 Å². The first-order chi connectivity index (χ1) is 19.9. The van der Waals surface area contributed by atoms with Gasteiger partial charge in [0.15, 0.2) is 4.80 Å². The largest absolute Gasteiger partial charge is 0.497 e. The fourth-order valence-corrected chi connectivity index (χ4v) is 6.07. The van der Waals surface area contributed by atoms with Crippen molar-refractivity contribution in [3.8, 4) is 11.4 Å². The van der Waals surface area contributed by atoms with Crippen molar-refractivity contribution < 1.29 is 9.53 Å². The summed E-state index contributed by atoms with van der Waals surface area (Å²) in [6.45, 7) is 1.80. The number of nitrogens with one attached hydrogen (secondary N) is 1. The molecule has 9 heteroatoms. The summed E-state index contributed by atoms with van der Waals surface area (Å²) in [6.07, 6.45) is 3.79. The molecule has 0 aliphatic carbocycles. The Labute approximate surface area is 245 Å². The molecule has 7 nitrogen and oxygen atoms in total. The van der Waals surface area contributed by atoms with Crippen molar-refractivity contribution in [2.75, 3.05) is 12.4 Å². The first-order valence-corrected chi connectivity index (χ1v) is 14.1. The number of carbonyl (C=O) groups is 1. The smallest absolute Gasteiger partial charge is 0.271 e. The number of nitrogens with zero attached hydrogens (tertiary/aromatic N) is 3. The fourth-order valence-electron chi connectivity index (χ4n) is 4.92. The molecule has 1 N–H and O–H groups in total. The molecule has 204 valence electrons. The topological polar surface area (TPSA) is 77.6 Å². The molecule has 6 rings (SSSR count). The number of halogens is 1. The summed E-state index contributed by atoms with van der Waals surface area (Å²) in [6, 6.07) is 27.3. The van der Waals surface area contributed by atoms with E-state index in [4.69, 9.17) is 21.3 Å². The number of allylic oxidation sites excluding steroid dienone is 1. The number of carbonyl (C=O) groups excluding carboxylic acids is 1. The third-order valence-corrected chi connectivity index (χ3v) is 8.13. The van der Waals surface area contributed by atoms with Gasteiger partial charge in [-0.15, -0.1) is 0 Å². The zero-order chi connectivity index (χ0) is 28.5. The van der Waals surface area contributed by atoms with E-state index >= 15 is 0 Å². The lowest BCUT2D eigenvalue weighted by Gasteiger charge is -2.25. The van der Waals surface area contributed by atoms with Gasteiger partial charge in [-0.05, 0) is 79.2 Å². The zero-order valence-electron chi connectivity index (χ0n) is 22.2. The molecule has 1 aliphatic heterocycles. The summed E-state index contributed by atoms with van der Waals surface area (Å²) in [4.78, 5) is 33.0. The summed E-state index contributed by atoms with van der Waals surface area (Å²) in [5.74, 6) is 0.365. The van der Waals surface area contributed by atoms with Gasteiger partial charge in [0.2, 0.25) is 0 Å². The van der Waals surface area contributed by atoms with Crippen molar-refractivity contribution in [2.45, 2.75) is 13.0 Å². The van der Waals surface area contributed by atoms with Crippen molar-refractivity contribution in [2.24, 2.45) is 4.99 Å². The van der Waals surface area contributed by atoms with Crippen molar-refractivity contribution in [3.63, 3.8) is 0 Å². The van der Waals surface area contributed by atoms with Gasteiger partial charge in [0.1, 0.15) is 5.75 Å². The lowest BCUT2D eigenvalue weighted by Crippen LogP contribution is -2.40. The van der Waals surface area contributed by atoms with Gasteiger partial charge in [0, 0.05) is 28.3 Å². The molecule has 0 bridgehead atoms. The average molecular weight is 581 g/mol. The number of para-hydroxylation sites is 1. The number of fused-ring (bicyclic) bond motifs is 1. The third kappa shape index (κ3) is 5.15. The third-order valence-electron chi connectivity index (χ3n) is 6.89. The normalized spacial score (nSPS) is 14.9. The predicted octanol–water partition coefficient (Wildman–Crippen LogP) is 5.33. The first kappa shape index (κ1) is 26.6. The Morgan fingerprint density at radius 1 is 1.00 bits per heavy atom. The number of hydrogen-bond acceptors (Lipinski definition) is 5. The number of methoxy groups -OCH3 is 1. The molecule has 0 fully saturated rings. The molecular weight excluding hydrogens is 556 g/mol. The van der Waals surface area contributed by atoms with E-state index in [0.717, 1.165) is 16.9 Å². The van der Waals surface area contributed by atoms with Crippen LogP contribution in [0.15, 0.2) is 118 Å². The molecule has 0 radical (unpaired) electrons. The average Bonchev–Trinajstić information content (AvgIpc) is 3.57. The Bertz CT molecular complexity index is 1950. The number of amides is 1. The number of thiazole rings is 1. The van der Waals surface area contributed by atoms with Crippen LogP contribution in [-0.4, -0.2) is 22.2 Å². The number of hydrogen-bond donors (Lipinski definition) is 1. The highest BCUT2D eigenvalue weighted by molar-refractivity contribution is 7.07. The van der Waals surface area contributed by atoms with Crippen molar-refractivity contribution >= 4 is 40.6 Å². The van der Waals surface area contributed by atoms with E-state index in [1.54, 1.807) is 18.6 Å². The highest BCUT2D eigenvalue weighted by Crippen LogP contribution is 2.31. The second kappa shape index (κ2) is 11.1. The van der Waals surface area contributed by atoms with Gasteiger partial charge >= 0.3 is 0 Å². The van der Waals surface area contributed by atoms with Crippen LogP contribution in [0.25, 0.3) is 11.8 Å². The van der Waals surface area contributed by atoms with Crippen LogP contribution in [0.3, 0.4) is 0 Å². The Hall–Kier alpha value is -4.66. The minimum atomic E-state index is -0.675. The van der Waals surface area contributed by atoms with Crippen LogP contribution in [0.5, 0.6) is 5.75 Å². The molecule has 1 atom stereocenters. The van der Waals surface area contributed by atoms with Gasteiger partial charge in [0.25, 0.3) is 11.5 Å². The molecule has 3 aromatic carbocycles. The number of anilines is 1. The summed E-state index contributed by atoms with van der Waals surface area (Å²) in [5, 5.41) is 3.62. The van der Waals surface area contributed by atoms with E-state index < -0.39 is 6.04 Å². The first-order valence-electron chi connectivity index (χ1n) is 12.9. The van der Waals surface area contributed by atoms with E-state index in [1.165, 1.54) is 11.3 Å². The molecule has 0 saturated carbocycles. The molecule has 5 aromatic rings. The fraction of sp³-hybridized carbons (Fsp3) is 0.0938. The molecule has 0 spiro atoms. The van der Waals surface area contributed by atoms with Gasteiger partial charge in [0.05, 0.1) is 29.0 Å². The van der Waals surface area contributed by atoms with Crippen molar-refractivity contribution in [1.29, 1.82) is 0 Å². The monoisotopic (exact) mass is 580 g/mol. The lowest BCUT2D eigenvalue weighted by atomic mass is 9.95. The summed E-state index contributed by atoms with van der Waals surface area (Å²) >= 11 is 7.38. The van der Waals surface area contributed by atoms with E-state index in [-0.39, 0.29) is 11.5 Å². The van der Waals surface area contributed by atoms with Crippen LogP contribution in [0.1, 0.15) is 24.2 Å². The highest BCUT2D eigenvalue weighted by Gasteiger charge is 2.32. The maximum absolute atomic E-state index is 14.0. The molecule has 3 heterocycles. The molecule has 1 unspecified atom stereocenters. The van der Waals surface area contributed by atoms with Crippen LogP contribution < -0.4 is 24.9 Å². The Morgan fingerprint density at radius 2 is 1.73 bits per heavy atom. The number of aromatic nitrogens is 2. The SMILES string of the molecule is COc1ccc(C2C(C(=O)Nc3ccccc3)=C(C)N=c3sc(=Cc4cccn4-c4ccc(Cl)cc4)c(=O)n32)cc1. The maximum atomic E-state index is 14.0. The maximum Gasteiger partial charge on any atom is 0.271 e. The minimum absolute atomic E-state index is 0.226. The number of benzene rings is 3. The molecule has 1 amide bonds. The molecule has 2 aromatic heterocycles. The van der Waals surface area contributed by atoms with E-state index in [0.29, 0.717) is 37.1 Å². The van der Waals surface area contributed by atoms with E-state index in [9.17, 15) is 9.59 Å². The second-order valence-electron chi connectivity index (χ2n) is 9.45. The Balaban J connectivity index is 1.49. The van der Waals surface area contributed by atoms with E-state index in [1.807, 2.05) is 108 Å². The highest BCUT2D eigenvalue weighted by atomic mass is 35.5. The van der Waals surface area contributed by atoms with Gasteiger partial charge in [-0.25, -0.2) is 4.99 Å². The standard InChI is InChI=1S/C32H25ClN4O3S/c1-20-28(30(38)35-23-7-4-3-5-8-23)29(21-10-16-26(40-2)17-11-21)37-31(39)27(41-32(37)34-20)19-25-9-6-18-36(25)24-14-12-22(33)13-15-24/h3-19,29H,1-2H3,(H,35,38). The van der Waals surface area contributed by atoms with Crippen molar-refractivity contribution in [3.05, 3.63) is 144 Å². The number of rotatable bonds is 6. The van der Waals surface area contributed by atoms with Crippen LogP contribution in [-0.2, 0) is 4.79 Å². The summed E-state index contributed by atoms with van der Waals surface area (Å²) < 4.78 is 9.46. The van der Waals surface area contributed by atoms with Gasteiger partial charge < -0.3 is 14.6 Å². The quantitative estimate of drug-likeness (QED) is 0.295. The Morgan fingerprint density at radius 3 is 2.44 bits per heavy atom. The van der Waals surface area contributed by atoms with Crippen LogP contribution in [0.2, 0.25) is 5.02 Å². The summed E-state index contributed by atoms with van der Waals surface area (Å²) in [7, 11) is 1.60. The second-order valence-corrected chi connectivity index (χ2v) is 10.9. The Kier molecular flexibility index (Phi) is 7.17. The minimum Gasteiger partial charge on any atom is -0.497 e. The summed E-state index contributed by atoms with van der Waals surface area (Å²) in [5.41, 5.74) is 3.92. The predicted molar refractivity (Wildman–Crippen MR) is 163 cm³/mol. The van der Waals surface area contributed by atoms with Gasteiger partial charge in [-0.3, -0.25) is 14.2 Å². The van der Waals surface area contributed by atoms with Gasteiger partial charge in [-0.1, -0.05) is 53.3 Å². The lowest BCUT2D eigenvalue weighted by molar-refractivity contribution is -0.113.